The third-order valence-corrected chi connectivity index (χ3v) is 6.47. The minimum absolute atomic E-state index is 0.0229. The van der Waals surface area contributed by atoms with Crippen molar-refractivity contribution < 1.29 is 28.7 Å². The monoisotopic (exact) mass is 529 g/mol. The van der Waals surface area contributed by atoms with Crippen LogP contribution in [0.15, 0.2) is 30.3 Å². The molecule has 0 saturated carbocycles. The molecule has 9 heteroatoms. The molecule has 38 heavy (non-hydrogen) atoms. The van der Waals surface area contributed by atoms with Gasteiger partial charge in [-0.2, -0.15) is 0 Å². The molecule has 0 radical (unpaired) electrons. The molecule has 2 amide bonds. The fourth-order valence-corrected chi connectivity index (χ4v) is 4.93. The maximum Gasteiger partial charge on any atom is 0.329 e. The van der Waals surface area contributed by atoms with Gasteiger partial charge >= 0.3 is 11.9 Å². The van der Waals surface area contributed by atoms with Gasteiger partial charge in [0.15, 0.2) is 0 Å². The lowest BCUT2D eigenvalue weighted by molar-refractivity contribution is -0.163. The first-order valence-electron chi connectivity index (χ1n) is 13.5. The molecule has 3 rings (SSSR count). The summed E-state index contributed by atoms with van der Waals surface area (Å²) in [6, 6.07) is 8.39. The number of ether oxygens (including phenoxy) is 2. The number of carbonyl (C=O) groups is 4. The van der Waals surface area contributed by atoms with Crippen LogP contribution >= 0.6 is 0 Å². The molecule has 2 heterocycles. The molecule has 2 atom stereocenters. The Hall–Kier alpha value is -2.94. The Bertz CT molecular complexity index is 938. The van der Waals surface area contributed by atoms with Gasteiger partial charge in [-0.15, -0.1) is 0 Å². The zero-order valence-corrected chi connectivity index (χ0v) is 23.7. The molecule has 0 N–H and O–H groups in total. The van der Waals surface area contributed by atoms with Crippen LogP contribution in [0.2, 0.25) is 0 Å². The molecular weight excluding hydrogens is 486 g/mol. The van der Waals surface area contributed by atoms with Crippen molar-refractivity contribution >= 4 is 23.8 Å². The Labute approximate surface area is 226 Å². The molecule has 2 aliphatic heterocycles. The minimum atomic E-state index is -0.638. The Kier molecular flexibility index (Phi) is 9.57. The summed E-state index contributed by atoms with van der Waals surface area (Å²) in [4.78, 5) is 57.4. The standard InChI is InChI=1S/C29H43N3O6/c1-28(2,3)37-26(35)22-14-10-16-31(22)24(33)19-30(18-21-12-8-7-9-13-21)20-25(34)32-17-11-15-23(32)27(36)38-29(4,5)6/h7-9,12-13,22-23H,10-11,14-20H2,1-6H3. The lowest BCUT2D eigenvalue weighted by atomic mass is 10.1. The molecule has 0 spiro atoms. The highest BCUT2D eigenvalue weighted by Gasteiger charge is 2.39. The van der Waals surface area contributed by atoms with Crippen LogP contribution in [0.5, 0.6) is 0 Å². The molecule has 2 aliphatic rings. The quantitative estimate of drug-likeness (QED) is 0.477. The average Bonchev–Trinajstić information content (AvgIpc) is 3.47. The van der Waals surface area contributed by atoms with E-state index < -0.39 is 35.2 Å². The van der Waals surface area contributed by atoms with Gasteiger partial charge in [0.2, 0.25) is 11.8 Å². The van der Waals surface area contributed by atoms with Gasteiger partial charge in [0.1, 0.15) is 23.3 Å². The van der Waals surface area contributed by atoms with E-state index in [4.69, 9.17) is 9.47 Å². The first kappa shape index (κ1) is 29.6. The number of hydrogen-bond donors (Lipinski definition) is 0. The van der Waals surface area contributed by atoms with E-state index in [9.17, 15) is 19.2 Å². The topological polar surface area (TPSA) is 96.5 Å². The van der Waals surface area contributed by atoms with Crippen LogP contribution in [0.1, 0.15) is 72.8 Å². The molecule has 210 valence electrons. The summed E-state index contributed by atoms with van der Waals surface area (Å²) in [6.07, 6.45) is 2.56. The molecule has 2 fully saturated rings. The van der Waals surface area contributed by atoms with E-state index >= 15 is 0 Å². The molecule has 2 unspecified atom stereocenters. The fourth-order valence-electron chi connectivity index (χ4n) is 4.93. The van der Waals surface area contributed by atoms with Crippen LogP contribution in [0.4, 0.5) is 0 Å². The number of hydrogen-bond acceptors (Lipinski definition) is 7. The highest BCUT2D eigenvalue weighted by molar-refractivity contribution is 5.88. The molecule has 0 aliphatic carbocycles. The number of carbonyl (C=O) groups excluding carboxylic acids is 4. The SMILES string of the molecule is CC(C)(C)OC(=O)C1CCCN1C(=O)CN(CC(=O)N1CCCC1C(=O)OC(C)(C)C)Cc1ccccc1. The van der Waals surface area contributed by atoms with Gasteiger partial charge in [-0.1, -0.05) is 30.3 Å². The summed E-state index contributed by atoms with van der Waals surface area (Å²) in [5.41, 5.74) is -0.315. The molecule has 1 aromatic rings. The molecular formula is C29H43N3O6. The fraction of sp³-hybridized carbons (Fsp3) is 0.655. The van der Waals surface area contributed by atoms with Gasteiger partial charge in [-0.3, -0.25) is 14.5 Å². The number of nitrogens with zero attached hydrogens (tertiary/aromatic N) is 3. The smallest absolute Gasteiger partial charge is 0.329 e. The first-order valence-corrected chi connectivity index (χ1v) is 13.5. The van der Waals surface area contributed by atoms with Crippen LogP contribution in [-0.2, 0) is 35.2 Å². The number of esters is 2. The second-order valence-electron chi connectivity index (χ2n) is 12.2. The van der Waals surface area contributed by atoms with Crippen molar-refractivity contribution in [2.45, 2.75) is 97.1 Å². The van der Waals surface area contributed by atoms with Gasteiger partial charge in [0.05, 0.1) is 13.1 Å². The summed E-state index contributed by atoms with van der Waals surface area (Å²) in [6.45, 7) is 12.1. The van der Waals surface area contributed by atoms with E-state index in [2.05, 4.69) is 0 Å². The highest BCUT2D eigenvalue weighted by Crippen LogP contribution is 2.24. The van der Waals surface area contributed by atoms with Gasteiger partial charge in [0, 0.05) is 19.6 Å². The van der Waals surface area contributed by atoms with Crippen molar-refractivity contribution in [3.63, 3.8) is 0 Å². The van der Waals surface area contributed by atoms with Crippen molar-refractivity contribution in [2.75, 3.05) is 26.2 Å². The predicted octanol–water partition coefficient (Wildman–Crippen LogP) is 3.15. The molecule has 0 bridgehead atoms. The number of benzene rings is 1. The molecule has 1 aromatic carbocycles. The van der Waals surface area contributed by atoms with Gasteiger partial charge in [-0.25, -0.2) is 9.59 Å². The van der Waals surface area contributed by atoms with Crippen LogP contribution < -0.4 is 0 Å². The van der Waals surface area contributed by atoms with Crippen molar-refractivity contribution in [3.8, 4) is 0 Å². The van der Waals surface area contributed by atoms with E-state index in [0.717, 1.165) is 18.4 Å². The second-order valence-corrected chi connectivity index (χ2v) is 12.2. The summed E-state index contributed by atoms with van der Waals surface area (Å²) in [5.74, 6) is -1.22. The second kappa shape index (κ2) is 12.3. The largest absolute Gasteiger partial charge is 0.458 e. The van der Waals surface area contributed by atoms with Crippen LogP contribution in [-0.4, -0.2) is 87.9 Å². The van der Waals surface area contributed by atoms with Crippen LogP contribution in [0, 0.1) is 0 Å². The van der Waals surface area contributed by atoms with Crippen molar-refractivity contribution in [2.24, 2.45) is 0 Å². The van der Waals surface area contributed by atoms with Crippen molar-refractivity contribution in [1.82, 2.24) is 14.7 Å². The Morgan fingerprint density at radius 1 is 0.763 bits per heavy atom. The minimum Gasteiger partial charge on any atom is -0.458 e. The van der Waals surface area contributed by atoms with Gasteiger partial charge < -0.3 is 19.3 Å². The van der Waals surface area contributed by atoms with E-state index in [-0.39, 0.29) is 24.9 Å². The summed E-state index contributed by atoms with van der Waals surface area (Å²) >= 11 is 0. The van der Waals surface area contributed by atoms with Crippen LogP contribution in [0.3, 0.4) is 0 Å². The van der Waals surface area contributed by atoms with E-state index in [0.29, 0.717) is 32.5 Å². The third kappa shape index (κ3) is 8.55. The third-order valence-electron chi connectivity index (χ3n) is 6.47. The van der Waals surface area contributed by atoms with E-state index in [1.165, 1.54) is 0 Å². The number of likely N-dealkylation sites (tertiary alicyclic amines) is 2. The molecule has 0 aromatic heterocycles. The summed E-state index contributed by atoms with van der Waals surface area (Å²) in [5, 5.41) is 0. The van der Waals surface area contributed by atoms with Gasteiger partial charge in [0.25, 0.3) is 0 Å². The maximum atomic E-state index is 13.4. The van der Waals surface area contributed by atoms with Crippen LogP contribution in [0.25, 0.3) is 0 Å². The molecule has 9 nitrogen and oxygen atoms in total. The van der Waals surface area contributed by atoms with Crippen molar-refractivity contribution in [1.29, 1.82) is 0 Å². The zero-order valence-electron chi connectivity index (χ0n) is 23.7. The number of amides is 2. The maximum absolute atomic E-state index is 13.4. The normalized spacial score (nSPS) is 20.1. The van der Waals surface area contributed by atoms with E-state index in [1.807, 2.05) is 71.9 Å². The predicted molar refractivity (Wildman–Crippen MR) is 143 cm³/mol. The lowest BCUT2D eigenvalue weighted by Crippen LogP contribution is -2.50. The lowest BCUT2D eigenvalue weighted by Gasteiger charge is -2.31. The zero-order chi connectivity index (χ0) is 28.1. The Balaban J connectivity index is 1.72. The molecule has 2 saturated heterocycles. The van der Waals surface area contributed by atoms with E-state index in [1.54, 1.807) is 14.7 Å². The van der Waals surface area contributed by atoms with Gasteiger partial charge in [-0.05, 0) is 72.8 Å². The first-order chi connectivity index (χ1) is 17.7. The average molecular weight is 530 g/mol. The van der Waals surface area contributed by atoms with Crippen molar-refractivity contribution in [3.05, 3.63) is 35.9 Å². The highest BCUT2D eigenvalue weighted by atomic mass is 16.6. The summed E-state index contributed by atoms with van der Waals surface area (Å²) < 4.78 is 11.1. The number of rotatable bonds is 8. The summed E-state index contributed by atoms with van der Waals surface area (Å²) in [7, 11) is 0. The Morgan fingerprint density at radius 2 is 1.18 bits per heavy atom. The Morgan fingerprint density at radius 3 is 1.58 bits per heavy atom.